The Kier molecular flexibility index (Phi) is 4.05. The van der Waals surface area contributed by atoms with Crippen LogP contribution in [0.25, 0.3) is 0 Å². The van der Waals surface area contributed by atoms with Gasteiger partial charge in [-0.2, -0.15) is 0 Å². The van der Waals surface area contributed by atoms with E-state index in [-0.39, 0.29) is 24.0 Å². The first-order valence-corrected chi connectivity index (χ1v) is 6.63. The number of likely N-dealkylation sites (tertiary alicyclic amines) is 1. The van der Waals surface area contributed by atoms with Crippen LogP contribution < -0.4 is 0 Å². The Bertz CT molecular complexity index is 274. The van der Waals surface area contributed by atoms with E-state index in [1.165, 1.54) is 26.4 Å². The number of nitrogens with zero attached hydrogens (tertiary/aromatic N) is 1. The van der Waals surface area contributed by atoms with Gasteiger partial charge in [0.05, 0.1) is 7.11 Å². The molecule has 1 atom stereocenters. The number of hydrogen-bond donors (Lipinski definition) is 1. The number of aliphatic hydroxyl groups is 1. The molecule has 17 heavy (non-hydrogen) atoms. The normalized spacial score (nSPS) is 28.5. The fraction of sp³-hybridized carbons (Fsp3) is 0.923. The van der Waals surface area contributed by atoms with Crippen molar-refractivity contribution in [2.75, 3.05) is 26.8 Å². The van der Waals surface area contributed by atoms with E-state index in [1.807, 2.05) is 0 Å². The molecule has 98 valence electrons. The first-order chi connectivity index (χ1) is 8.21. The number of aliphatic hydroxyl groups excluding tert-OH is 1. The van der Waals surface area contributed by atoms with Gasteiger partial charge in [-0.3, -0.25) is 9.69 Å². The molecular weight excluding hydrogens is 218 g/mol. The minimum absolute atomic E-state index is 0.0327. The van der Waals surface area contributed by atoms with Gasteiger partial charge in [-0.25, -0.2) is 0 Å². The van der Waals surface area contributed by atoms with Crippen LogP contribution in [0.3, 0.4) is 0 Å². The van der Waals surface area contributed by atoms with Crippen LogP contribution in [0.15, 0.2) is 0 Å². The third-order valence-corrected chi connectivity index (χ3v) is 4.39. The van der Waals surface area contributed by atoms with E-state index >= 15 is 0 Å². The Balaban J connectivity index is 1.92. The summed E-state index contributed by atoms with van der Waals surface area (Å²) >= 11 is 0. The molecule has 1 N–H and O–H groups in total. The fourth-order valence-corrected chi connectivity index (χ4v) is 3.13. The van der Waals surface area contributed by atoms with Crippen molar-refractivity contribution in [3.05, 3.63) is 0 Å². The van der Waals surface area contributed by atoms with Gasteiger partial charge in [0, 0.05) is 25.1 Å². The smallest absolute Gasteiger partial charge is 0.323 e. The van der Waals surface area contributed by atoms with E-state index in [0.29, 0.717) is 0 Å². The molecule has 2 rings (SSSR count). The second kappa shape index (κ2) is 5.36. The lowest BCUT2D eigenvalue weighted by atomic mass is 9.73. The zero-order chi connectivity index (χ0) is 12.3. The highest BCUT2D eigenvalue weighted by atomic mass is 16.5. The average Bonchev–Trinajstić information content (AvgIpc) is 2.35. The lowest BCUT2D eigenvalue weighted by Crippen LogP contribution is -2.57. The van der Waals surface area contributed by atoms with Crippen molar-refractivity contribution in [2.24, 2.45) is 5.41 Å². The largest absolute Gasteiger partial charge is 0.468 e. The molecule has 1 saturated heterocycles. The van der Waals surface area contributed by atoms with E-state index in [4.69, 9.17) is 4.74 Å². The molecule has 0 spiro atoms. The van der Waals surface area contributed by atoms with E-state index in [0.717, 1.165) is 32.4 Å². The summed E-state index contributed by atoms with van der Waals surface area (Å²) in [6.07, 6.45) is 6.77. The number of methoxy groups -OCH3 is 1. The van der Waals surface area contributed by atoms with Crippen LogP contribution in [0.1, 0.15) is 38.5 Å². The van der Waals surface area contributed by atoms with Crippen LogP contribution in [0.2, 0.25) is 0 Å². The van der Waals surface area contributed by atoms with Crippen molar-refractivity contribution < 1.29 is 14.6 Å². The second-order valence-corrected chi connectivity index (χ2v) is 5.52. The van der Waals surface area contributed by atoms with E-state index in [1.54, 1.807) is 0 Å². The van der Waals surface area contributed by atoms with Crippen molar-refractivity contribution in [3.63, 3.8) is 0 Å². The molecule has 1 aliphatic carbocycles. The maximum atomic E-state index is 11.5. The summed E-state index contributed by atoms with van der Waals surface area (Å²) in [5.41, 5.74) is 0.0327. The van der Waals surface area contributed by atoms with Crippen LogP contribution in [-0.2, 0) is 9.53 Å². The monoisotopic (exact) mass is 241 g/mol. The van der Waals surface area contributed by atoms with Gasteiger partial charge < -0.3 is 9.84 Å². The summed E-state index contributed by atoms with van der Waals surface area (Å²) in [6.45, 7) is 2.06. The van der Waals surface area contributed by atoms with Gasteiger partial charge in [-0.1, -0.05) is 19.3 Å². The molecule has 4 nitrogen and oxygen atoms in total. The highest BCUT2D eigenvalue weighted by Gasteiger charge is 2.41. The highest BCUT2D eigenvalue weighted by Crippen LogP contribution is 2.38. The maximum absolute atomic E-state index is 11.5. The summed E-state index contributed by atoms with van der Waals surface area (Å²) in [7, 11) is 1.45. The quantitative estimate of drug-likeness (QED) is 0.751. The van der Waals surface area contributed by atoms with Gasteiger partial charge in [0.25, 0.3) is 0 Å². The van der Waals surface area contributed by atoms with E-state index in [9.17, 15) is 9.90 Å². The van der Waals surface area contributed by atoms with Gasteiger partial charge in [0.1, 0.15) is 6.04 Å². The maximum Gasteiger partial charge on any atom is 0.323 e. The predicted molar refractivity (Wildman–Crippen MR) is 64.6 cm³/mol. The first kappa shape index (κ1) is 12.8. The van der Waals surface area contributed by atoms with Crippen LogP contribution in [0.4, 0.5) is 0 Å². The molecule has 2 aliphatic rings. The third-order valence-electron chi connectivity index (χ3n) is 4.39. The van der Waals surface area contributed by atoms with Crippen molar-refractivity contribution in [3.8, 4) is 0 Å². The average molecular weight is 241 g/mol. The third kappa shape index (κ3) is 2.63. The minimum Gasteiger partial charge on any atom is -0.468 e. The highest BCUT2D eigenvalue weighted by molar-refractivity contribution is 5.76. The van der Waals surface area contributed by atoms with Crippen molar-refractivity contribution in [1.29, 1.82) is 0 Å². The predicted octanol–water partition coefficient (Wildman–Crippen LogP) is 1.18. The summed E-state index contributed by atoms with van der Waals surface area (Å²) in [6, 6.07) is -0.0645. The van der Waals surface area contributed by atoms with Crippen LogP contribution in [0.5, 0.6) is 0 Å². The van der Waals surface area contributed by atoms with Crippen molar-refractivity contribution in [1.82, 2.24) is 4.90 Å². The number of rotatable bonds is 4. The minimum atomic E-state index is -0.125. The number of hydrogen-bond acceptors (Lipinski definition) is 4. The van der Waals surface area contributed by atoms with Gasteiger partial charge in [-0.05, 0) is 19.3 Å². The lowest BCUT2D eigenvalue weighted by Gasteiger charge is -2.46. The zero-order valence-corrected chi connectivity index (χ0v) is 10.7. The number of carbonyl (C=O) groups excluding carboxylic acids is 1. The topological polar surface area (TPSA) is 49.8 Å². The first-order valence-electron chi connectivity index (χ1n) is 6.63. The molecule has 0 aromatic heterocycles. The fourth-order valence-electron chi connectivity index (χ4n) is 3.13. The van der Waals surface area contributed by atoms with Crippen LogP contribution in [-0.4, -0.2) is 48.8 Å². The van der Waals surface area contributed by atoms with Crippen molar-refractivity contribution >= 4 is 5.97 Å². The molecule has 1 heterocycles. The van der Waals surface area contributed by atoms with Gasteiger partial charge in [0.15, 0.2) is 0 Å². The molecule has 2 fully saturated rings. The lowest BCUT2D eigenvalue weighted by molar-refractivity contribution is -0.153. The molecular formula is C13H23NO3. The second-order valence-electron chi connectivity index (χ2n) is 5.52. The zero-order valence-electron chi connectivity index (χ0n) is 10.7. The Morgan fingerprint density at radius 1 is 1.41 bits per heavy atom. The Morgan fingerprint density at radius 2 is 2.12 bits per heavy atom. The molecule has 0 aromatic rings. The Morgan fingerprint density at radius 3 is 2.59 bits per heavy atom. The Hall–Kier alpha value is -0.610. The van der Waals surface area contributed by atoms with E-state index < -0.39 is 0 Å². The number of carbonyl (C=O) groups is 1. The van der Waals surface area contributed by atoms with Crippen LogP contribution >= 0.6 is 0 Å². The summed E-state index contributed by atoms with van der Waals surface area (Å²) in [4.78, 5) is 13.7. The van der Waals surface area contributed by atoms with Gasteiger partial charge in [0.2, 0.25) is 0 Å². The molecule has 0 amide bonds. The summed E-state index contributed by atoms with van der Waals surface area (Å²) in [5.74, 6) is -0.125. The van der Waals surface area contributed by atoms with Crippen molar-refractivity contribution in [2.45, 2.75) is 44.6 Å². The summed E-state index contributed by atoms with van der Waals surface area (Å²) in [5, 5.41) is 9.65. The molecule has 0 radical (unpaired) electrons. The number of ether oxygens (including phenoxy) is 1. The molecule has 1 unspecified atom stereocenters. The van der Waals surface area contributed by atoms with E-state index in [2.05, 4.69) is 4.90 Å². The van der Waals surface area contributed by atoms with Gasteiger partial charge in [-0.15, -0.1) is 0 Å². The van der Waals surface area contributed by atoms with Crippen LogP contribution in [0, 0.1) is 5.41 Å². The SMILES string of the molecule is COC(=O)C1CCN1CC1(CO)CCCCC1. The Labute approximate surface area is 103 Å². The molecule has 0 aromatic carbocycles. The molecule has 0 bridgehead atoms. The standard InChI is InChI=1S/C13H23NO3/c1-17-12(16)11-5-8-14(11)9-13(10-15)6-3-2-4-7-13/h11,15H,2-10H2,1H3. The summed E-state index contributed by atoms with van der Waals surface area (Å²) < 4.78 is 4.80. The van der Waals surface area contributed by atoms with Gasteiger partial charge >= 0.3 is 5.97 Å². The molecule has 4 heteroatoms. The molecule has 1 aliphatic heterocycles. The number of esters is 1. The molecule has 1 saturated carbocycles.